The molecule has 0 aliphatic carbocycles. The van der Waals surface area contributed by atoms with E-state index in [-0.39, 0.29) is 4.83 Å². The standard InChI is InChI=1S/C15H12Br4O/c1-2-20-12-3-4-13(14(18)8-12)15(19)9-5-10(16)7-11(17)6-9/h3-8,15H,2H2,1H3. The molecule has 0 bridgehead atoms. The van der Waals surface area contributed by atoms with Gasteiger partial charge in [0.2, 0.25) is 0 Å². The van der Waals surface area contributed by atoms with E-state index in [0.717, 1.165) is 19.2 Å². The van der Waals surface area contributed by atoms with Crippen molar-refractivity contribution in [2.24, 2.45) is 0 Å². The lowest BCUT2D eigenvalue weighted by Gasteiger charge is -2.15. The molecule has 0 aromatic heterocycles. The Morgan fingerprint density at radius 3 is 2.20 bits per heavy atom. The van der Waals surface area contributed by atoms with Gasteiger partial charge in [-0.1, -0.05) is 69.8 Å². The lowest BCUT2D eigenvalue weighted by atomic mass is 10.0. The number of benzene rings is 2. The van der Waals surface area contributed by atoms with Crippen LogP contribution in [0.5, 0.6) is 5.75 Å². The van der Waals surface area contributed by atoms with Crippen molar-refractivity contribution in [2.75, 3.05) is 6.61 Å². The van der Waals surface area contributed by atoms with E-state index in [1.165, 1.54) is 11.1 Å². The first kappa shape index (κ1) is 16.5. The average Bonchev–Trinajstić information content (AvgIpc) is 2.37. The largest absolute Gasteiger partial charge is 0.494 e. The lowest BCUT2D eigenvalue weighted by molar-refractivity contribution is 0.340. The molecule has 2 aromatic rings. The molecular formula is C15H12Br4O. The van der Waals surface area contributed by atoms with E-state index in [4.69, 9.17) is 4.74 Å². The quantitative estimate of drug-likeness (QED) is 0.395. The summed E-state index contributed by atoms with van der Waals surface area (Å²) in [6.07, 6.45) is 0. The zero-order valence-electron chi connectivity index (χ0n) is 10.7. The summed E-state index contributed by atoms with van der Waals surface area (Å²) in [7, 11) is 0. The molecule has 0 fully saturated rings. The van der Waals surface area contributed by atoms with Crippen molar-refractivity contribution in [3.05, 3.63) is 60.9 Å². The number of hydrogen-bond donors (Lipinski definition) is 0. The zero-order chi connectivity index (χ0) is 14.7. The molecule has 2 aromatic carbocycles. The van der Waals surface area contributed by atoms with Gasteiger partial charge in [0, 0.05) is 13.4 Å². The average molecular weight is 528 g/mol. The summed E-state index contributed by atoms with van der Waals surface area (Å²) in [5.41, 5.74) is 2.34. The van der Waals surface area contributed by atoms with E-state index < -0.39 is 0 Å². The predicted molar refractivity (Wildman–Crippen MR) is 97.9 cm³/mol. The molecule has 106 valence electrons. The van der Waals surface area contributed by atoms with Crippen LogP contribution in [0.4, 0.5) is 0 Å². The number of hydrogen-bond acceptors (Lipinski definition) is 1. The van der Waals surface area contributed by atoms with Crippen LogP contribution in [0, 0.1) is 0 Å². The maximum Gasteiger partial charge on any atom is 0.120 e. The minimum Gasteiger partial charge on any atom is -0.494 e. The fourth-order valence-electron chi connectivity index (χ4n) is 1.87. The number of ether oxygens (including phenoxy) is 1. The van der Waals surface area contributed by atoms with Gasteiger partial charge in [-0.2, -0.15) is 0 Å². The maximum absolute atomic E-state index is 5.51. The van der Waals surface area contributed by atoms with Crippen LogP contribution in [-0.2, 0) is 0 Å². The third-order valence-corrected chi connectivity index (χ3v) is 5.36. The van der Waals surface area contributed by atoms with Crippen LogP contribution in [0.25, 0.3) is 0 Å². The molecule has 0 aliphatic rings. The highest BCUT2D eigenvalue weighted by Crippen LogP contribution is 2.38. The second-order valence-corrected chi connectivity index (χ2v) is 7.78. The van der Waals surface area contributed by atoms with Gasteiger partial charge in [-0.15, -0.1) is 0 Å². The van der Waals surface area contributed by atoms with Crippen LogP contribution in [0.1, 0.15) is 22.9 Å². The summed E-state index contributed by atoms with van der Waals surface area (Å²) in [6.45, 7) is 2.65. The van der Waals surface area contributed by atoms with E-state index in [0.29, 0.717) is 6.61 Å². The van der Waals surface area contributed by atoms with Crippen molar-refractivity contribution in [2.45, 2.75) is 11.8 Å². The molecule has 1 atom stereocenters. The number of halogens is 4. The fourth-order valence-corrected chi connectivity index (χ4v) is 4.76. The molecule has 0 spiro atoms. The first-order valence-electron chi connectivity index (χ1n) is 6.03. The van der Waals surface area contributed by atoms with Crippen LogP contribution in [0.2, 0.25) is 0 Å². The summed E-state index contributed by atoms with van der Waals surface area (Å²) in [4.78, 5) is 0.112. The third-order valence-electron chi connectivity index (χ3n) is 2.73. The summed E-state index contributed by atoms with van der Waals surface area (Å²) >= 11 is 14.4. The summed E-state index contributed by atoms with van der Waals surface area (Å²) in [6, 6.07) is 12.3. The van der Waals surface area contributed by atoms with E-state index in [1.54, 1.807) is 0 Å². The van der Waals surface area contributed by atoms with Crippen molar-refractivity contribution in [3.8, 4) is 5.75 Å². The molecular weight excluding hydrogens is 516 g/mol. The molecule has 0 amide bonds. The van der Waals surface area contributed by atoms with Gasteiger partial charge in [0.15, 0.2) is 0 Å². The topological polar surface area (TPSA) is 9.23 Å². The molecule has 0 saturated carbocycles. The van der Waals surface area contributed by atoms with Gasteiger partial charge in [-0.25, -0.2) is 0 Å². The summed E-state index contributed by atoms with van der Waals surface area (Å²) in [5.74, 6) is 0.873. The first-order valence-corrected chi connectivity index (χ1v) is 9.33. The highest BCUT2D eigenvalue weighted by molar-refractivity contribution is 9.11. The monoisotopic (exact) mass is 524 g/mol. The Bertz CT molecular complexity index is 593. The van der Waals surface area contributed by atoms with Crippen molar-refractivity contribution < 1.29 is 4.74 Å². The molecule has 1 unspecified atom stereocenters. The summed E-state index contributed by atoms with van der Waals surface area (Å²) in [5, 5.41) is 0. The van der Waals surface area contributed by atoms with Crippen molar-refractivity contribution in [1.29, 1.82) is 0 Å². The van der Waals surface area contributed by atoms with Gasteiger partial charge < -0.3 is 4.74 Å². The highest BCUT2D eigenvalue weighted by atomic mass is 79.9. The SMILES string of the molecule is CCOc1ccc(C(Br)c2cc(Br)cc(Br)c2)c(Br)c1. The molecule has 0 saturated heterocycles. The van der Waals surface area contributed by atoms with Crippen molar-refractivity contribution >= 4 is 63.7 Å². The molecule has 20 heavy (non-hydrogen) atoms. The Kier molecular flexibility index (Phi) is 6.14. The molecule has 2 rings (SSSR count). The Labute approximate surface area is 152 Å². The third kappa shape index (κ3) is 4.09. The second kappa shape index (κ2) is 7.43. The van der Waals surface area contributed by atoms with Crippen LogP contribution in [0.3, 0.4) is 0 Å². The smallest absolute Gasteiger partial charge is 0.120 e. The van der Waals surface area contributed by atoms with Gasteiger partial charge in [-0.3, -0.25) is 0 Å². The molecule has 5 heteroatoms. The van der Waals surface area contributed by atoms with Gasteiger partial charge in [0.05, 0.1) is 11.4 Å². The normalized spacial score (nSPS) is 12.2. The van der Waals surface area contributed by atoms with Crippen LogP contribution >= 0.6 is 63.7 Å². The first-order chi connectivity index (χ1) is 9.51. The van der Waals surface area contributed by atoms with Crippen LogP contribution < -0.4 is 4.74 Å². The zero-order valence-corrected chi connectivity index (χ0v) is 17.0. The van der Waals surface area contributed by atoms with Gasteiger partial charge in [0.25, 0.3) is 0 Å². The van der Waals surface area contributed by atoms with E-state index in [9.17, 15) is 0 Å². The Morgan fingerprint density at radius 1 is 1.00 bits per heavy atom. The van der Waals surface area contributed by atoms with Crippen LogP contribution in [0.15, 0.2) is 49.8 Å². The number of rotatable bonds is 4. The second-order valence-electron chi connectivity index (χ2n) is 4.18. The van der Waals surface area contributed by atoms with Gasteiger partial charge in [-0.05, 0) is 48.4 Å². The van der Waals surface area contributed by atoms with E-state index in [1.807, 2.05) is 25.1 Å². The molecule has 0 radical (unpaired) electrons. The number of alkyl halides is 1. The predicted octanol–water partition coefficient (Wildman–Crippen LogP) is 6.86. The molecule has 0 N–H and O–H groups in total. The molecule has 1 nitrogen and oxygen atoms in total. The van der Waals surface area contributed by atoms with E-state index in [2.05, 4.69) is 81.9 Å². The van der Waals surface area contributed by atoms with Crippen LogP contribution in [-0.4, -0.2) is 6.61 Å². The summed E-state index contributed by atoms with van der Waals surface area (Å²) < 4.78 is 8.63. The minimum absolute atomic E-state index is 0.112. The molecule has 0 aliphatic heterocycles. The fraction of sp³-hybridized carbons (Fsp3) is 0.200. The maximum atomic E-state index is 5.51. The van der Waals surface area contributed by atoms with Crippen molar-refractivity contribution in [1.82, 2.24) is 0 Å². The Morgan fingerprint density at radius 2 is 1.65 bits per heavy atom. The Hall–Kier alpha value is 0.160. The van der Waals surface area contributed by atoms with Crippen molar-refractivity contribution in [3.63, 3.8) is 0 Å². The lowest BCUT2D eigenvalue weighted by Crippen LogP contribution is -1.96. The van der Waals surface area contributed by atoms with Gasteiger partial charge >= 0.3 is 0 Å². The van der Waals surface area contributed by atoms with Gasteiger partial charge in [0.1, 0.15) is 5.75 Å². The highest BCUT2D eigenvalue weighted by Gasteiger charge is 2.15. The Balaban J connectivity index is 2.35. The minimum atomic E-state index is 0.112. The molecule has 0 heterocycles. The van der Waals surface area contributed by atoms with E-state index >= 15 is 0 Å².